The highest BCUT2D eigenvalue weighted by atomic mass is 16.3. The van der Waals surface area contributed by atoms with Crippen molar-refractivity contribution in [3.63, 3.8) is 0 Å². The van der Waals surface area contributed by atoms with Crippen molar-refractivity contribution < 1.29 is 25.5 Å². The second kappa shape index (κ2) is 97.4. The first-order chi connectivity index (χ1) is 49.2. The molecule has 0 aromatic heterocycles. The molecule has 4 saturated carbocycles. The van der Waals surface area contributed by atoms with Crippen LogP contribution < -0.4 is 0 Å². The maximum Gasteiger partial charge on any atom is 0.115 e. The minimum atomic E-state index is 0.322. The number of aromatic hydroxyl groups is 5. The zero-order valence-electron chi connectivity index (χ0n) is 73.1. The van der Waals surface area contributed by atoms with Crippen LogP contribution >= 0.6 is 0 Å². The molecule has 4 fully saturated rings. The molecule has 0 spiro atoms. The van der Waals surface area contributed by atoms with Crippen LogP contribution in [0.4, 0.5) is 0 Å². The van der Waals surface area contributed by atoms with E-state index in [1.165, 1.54) is 186 Å². The van der Waals surface area contributed by atoms with Gasteiger partial charge >= 0.3 is 0 Å². The maximum atomic E-state index is 8.63. The highest BCUT2D eigenvalue weighted by Crippen LogP contribution is 2.57. The van der Waals surface area contributed by atoms with E-state index in [9.17, 15) is 0 Å². The van der Waals surface area contributed by atoms with E-state index < -0.39 is 0 Å². The fourth-order valence-electron chi connectivity index (χ4n) is 10.6. The number of hydrogen-bond acceptors (Lipinski definition) is 5. The van der Waals surface area contributed by atoms with Gasteiger partial charge in [0.1, 0.15) is 28.7 Å². The Hall–Kier alpha value is -5.68. The van der Waals surface area contributed by atoms with Crippen LogP contribution in [-0.2, 0) is 0 Å². The van der Waals surface area contributed by atoms with Gasteiger partial charge in [-0.3, -0.25) is 0 Å². The molecular weight excluding hydrogens is 1250 g/mol. The smallest absolute Gasteiger partial charge is 0.115 e. The van der Waals surface area contributed by atoms with Crippen LogP contribution in [0.5, 0.6) is 28.7 Å². The van der Waals surface area contributed by atoms with Gasteiger partial charge in [0, 0.05) is 0 Å². The van der Waals surface area contributed by atoms with Crippen LogP contribution in [0, 0.1) is 21.7 Å². The predicted molar refractivity (Wildman–Crippen MR) is 469 cm³/mol. The summed E-state index contributed by atoms with van der Waals surface area (Å²) in [5, 5.41) is 43.2. The lowest BCUT2D eigenvalue weighted by atomic mass is 9.54. The fraction of sp³-hybridized carbons (Fsp3) is 0.629. The molecule has 0 saturated heterocycles. The first kappa shape index (κ1) is 117. The number of unbranched alkanes of at least 4 members (excludes halogenated alkanes) is 2. The van der Waals surface area contributed by atoms with Gasteiger partial charge < -0.3 is 25.5 Å². The summed E-state index contributed by atoms with van der Waals surface area (Å²) in [4.78, 5) is 0. The Morgan fingerprint density at radius 1 is 0.196 bits per heavy atom. The van der Waals surface area contributed by atoms with Gasteiger partial charge in [0.2, 0.25) is 0 Å². The molecule has 0 bridgehead atoms. The average Bonchev–Trinajstić information content (AvgIpc) is 0.791. The molecule has 6 aromatic carbocycles. The van der Waals surface area contributed by atoms with E-state index in [4.69, 9.17) is 25.5 Å². The molecule has 596 valence electrons. The molecule has 10 rings (SSSR count). The van der Waals surface area contributed by atoms with Gasteiger partial charge in [-0.05, 0) is 134 Å². The highest BCUT2D eigenvalue weighted by Gasteiger charge is 2.46. The largest absolute Gasteiger partial charge is 0.508 e. The van der Waals surface area contributed by atoms with E-state index in [1.54, 1.807) is 121 Å². The Bertz CT molecular complexity index is 1860. The minimum absolute atomic E-state index is 0.322. The summed E-state index contributed by atoms with van der Waals surface area (Å²) in [5.41, 5.74) is 2.74. The van der Waals surface area contributed by atoms with E-state index in [0.29, 0.717) is 50.4 Å². The normalized spacial score (nSPS) is 13.8. The molecule has 0 unspecified atom stereocenters. The van der Waals surface area contributed by atoms with Gasteiger partial charge in [-0.1, -0.05) is 456 Å². The van der Waals surface area contributed by atoms with Gasteiger partial charge in [-0.2, -0.15) is 0 Å². The van der Waals surface area contributed by atoms with Gasteiger partial charge in [0.05, 0.1) is 0 Å². The third-order valence-electron chi connectivity index (χ3n) is 15.9. The van der Waals surface area contributed by atoms with E-state index in [0.717, 1.165) is 0 Å². The zero-order valence-corrected chi connectivity index (χ0v) is 73.1. The first-order valence-electron chi connectivity index (χ1n) is 41.9. The molecule has 0 atom stereocenters. The molecule has 0 radical (unpaired) electrons. The molecule has 0 aliphatic heterocycles. The summed E-state index contributed by atoms with van der Waals surface area (Å²) in [7, 11) is 0. The fourth-order valence-corrected chi connectivity index (χ4v) is 10.6. The summed E-state index contributed by atoms with van der Waals surface area (Å²) < 4.78 is 0. The van der Waals surface area contributed by atoms with Crippen molar-refractivity contribution >= 4 is 0 Å². The molecule has 4 aliphatic carbocycles. The molecule has 0 amide bonds. The van der Waals surface area contributed by atoms with Crippen molar-refractivity contribution in [3.05, 3.63) is 188 Å². The van der Waals surface area contributed by atoms with Crippen LogP contribution in [0.15, 0.2) is 188 Å². The Balaban J connectivity index is -0.000000113. The molecule has 0 heterocycles. The molecule has 4 aliphatic rings. The summed E-state index contributed by atoms with van der Waals surface area (Å²) >= 11 is 0. The zero-order chi connectivity index (χ0) is 80.3. The third kappa shape index (κ3) is 81.6. The van der Waals surface area contributed by atoms with E-state index in [1.807, 2.05) is 136 Å². The van der Waals surface area contributed by atoms with Crippen LogP contribution in [0.1, 0.15) is 380 Å². The van der Waals surface area contributed by atoms with Crippen molar-refractivity contribution in [2.45, 2.75) is 380 Å². The molecule has 5 nitrogen and oxygen atoms in total. The van der Waals surface area contributed by atoms with Gasteiger partial charge in [-0.25, -0.2) is 0 Å². The molecule has 102 heavy (non-hydrogen) atoms. The lowest BCUT2D eigenvalue weighted by Crippen LogP contribution is -2.40. The van der Waals surface area contributed by atoms with Gasteiger partial charge in [-0.15, -0.1) is 0 Å². The summed E-state index contributed by atoms with van der Waals surface area (Å²) in [6.45, 7) is 60.2. The minimum Gasteiger partial charge on any atom is -0.508 e. The van der Waals surface area contributed by atoms with Crippen molar-refractivity contribution in [1.82, 2.24) is 0 Å². The first-order valence-corrected chi connectivity index (χ1v) is 41.9. The maximum absolute atomic E-state index is 8.63. The Labute approximate surface area is 640 Å². The van der Waals surface area contributed by atoms with Crippen LogP contribution in [0.3, 0.4) is 0 Å². The number of para-hydroxylation sites is 5. The van der Waals surface area contributed by atoms with Crippen LogP contribution in [-0.4, -0.2) is 25.5 Å². The second-order valence-corrected chi connectivity index (χ2v) is 25.9. The van der Waals surface area contributed by atoms with Gasteiger partial charge in [0.25, 0.3) is 0 Å². The monoisotopic (exact) mass is 1420 g/mol. The summed E-state index contributed by atoms with van der Waals surface area (Å²) in [6.07, 6.45) is 41.5. The number of benzene rings is 6. The quantitative estimate of drug-likeness (QED) is 0.121. The highest BCUT2D eigenvalue weighted by molar-refractivity contribution is 5.21. The SMILES string of the molecule is CC.CC.CC.CC.CC.CC1(C2(C)CCCCC2)CCCCC1.CC1(C2(C)CCCCC2)CCCCC1.CCC.CCC.CCC.CCC.CCC.CCC.CCCCC.Oc1ccccc1.Oc1ccccc1.Oc1ccccc1.Oc1ccccc1.Oc1ccccc1.c1ccccc1. The van der Waals surface area contributed by atoms with Crippen molar-refractivity contribution in [2.24, 2.45) is 21.7 Å². The van der Waals surface area contributed by atoms with Crippen molar-refractivity contribution in [2.75, 3.05) is 0 Å². The van der Waals surface area contributed by atoms with Crippen molar-refractivity contribution in [1.29, 1.82) is 0 Å². The van der Waals surface area contributed by atoms with E-state index in [2.05, 4.69) is 125 Å². The Morgan fingerprint density at radius 2 is 0.294 bits per heavy atom. The van der Waals surface area contributed by atoms with E-state index in [-0.39, 0.29) is 0 Å². The molecule has 5 N–H and O–H groups in total. The van der Waals surface area contributed by atoms with Gasteiger partial charge in [0.15, 0.2) is 0 Å². The summed E-state index contributed by atoms with van der Waals surface area (Å²) in [5.74, 6) is 1.61. The average molecular weight is 1420 g/mol. The van der Waals surface area contributed by atoms with Crippen molar-refractivity contribution in [3.8, 4) is 28.7 Å². The lowest BCUT2D eigenvalue weighted by Gasteiger charge is -2.51. The van der Waals surface area contributed by atoms with Crippen LogP contribution in [0.2, 0.25) is 0 Å². The number of rotatable bonds is 4. The third-order valence-corrected chi connectivity index (χ3v) is 15.9. The molecule has 6 aromatic rings. The van der Waals surface area contributed by atoms with Crippen LogP contribution in [0.25, 0.3) is 0 Å². The molecular formula is C97H178O5. The lowest BCUT2D eigenvalue weighted by molar-refractivity contribution is -0.00381. The summed E-state index contributed by atoms with van der Waals surface area (Å²) in [6, 6.07) is 55.6. The Kier molecular flexibility index (Phi) is 112. The number of phenols is 5. The second-order valence-electron chi connectivity index (χ2n) is 25.9. The predicted octanol–water partition coefficient (Wildman–Crippen LogP) is 34.3. The van der Waals surface area contributed by atoms with E-state index >= 15 is 0 Å². The standard InChI is InChI=1S/2C14H26.5C6H6O.C6H6.C5H12.6C3H8.5C2H6/c2*1-13(9-5-3-6-10-13)14(2)11-7-4-8-12-14;5*7-6-4-2-1-3-5-6;1-2-4-6-5-3-1;1-3-5-4-2;6*1-3-2;5*1-2/h2*3-12H2,1-2H3;5*1-5,7H;1-6H;3-5H2,1-2H3;6*3H2,1-2H3;5*1-2H3. The Morgan fingerprint density at radius 3 is 0.363 bits per heavy atom. The number of hydrogen-bond donors (Lipinski definition) is 5. The number of phenolic OH excluding ortho intramolecular Hbond substituents is 5. The molecule has 5 heteroatoms. The topological polar surface area (TPSA) is 101 Å².